The van der Waals surface area contributed by atoms with Gasteiger partial charge in [0.2, 0.25) is 5.91 Å². The molecule has 0 radical (unpaired) electrons. The molecule has 0 fully saturated rings. The predicted octanol–water partition coefficient (Wildman–Crippen LogP) is 0.00690. The molecule has 0 unspecified atom stereocenters. The number of primary amides is 1. The summed E-state index contributed by atoms with van der Waals surface area (Å²) in [5, 5.41) is 0. The van der Waals surface area contributed by atoms with Crippen molar-refractivity contribution in [2.45, 2.75) is 31.6 Å². The van der Waals surface area contributed by atoms with E-state index in [9.17, 15) is 13.2 Å². The number of carbonyl (C=O) groups is 1. The van der Waals surface area contributed by atoms with Crippen molar-refractivity contribution in [1.82, 2.24) is 0 Å². The van der Waals surface area contributed by atoms with Crippen LogP contribution in [0.4, 0.5) is 0 Å². The van der Waals surface area contributed by atoms with Gasteiger partial charge in [-0.1, -0.05) is 20.4 Å². The lowest BCUT2D eigenvalue weighted by Crippen LogP contribution is -2.46. The van der Waals surface area contributed by atoms with E-state index in [1.54, 1.807) is 13.8 Å². The maximum absolute atomic E-state index is 10.5. The SMILES string of the molecule is C=CC(N)=O.CCC(N)(CC)S(=O)(=O)O. The lowest BCUT2D eigenvalue weighted by molar-refractivity contribution is -0.113. The Morgan fingerprint density at radius 2 is 1.73 bits per heavy atom. The first-order chi connectivity index (χ1) is 6.64. The van der Waals surface area contributed by atoms with E-state index in [4.69, 9.17) is 10.3 Å². The molecule has 0 saturated carbocycles. The maximum atomic E-state index is 10.5. The molecular weight excluding hydrogens is 220 g/mol. The zero-order chi connectivity index (χ0) is 12.7. The van der Waals surface area contributed by atoms with Gasteiger partial charge in [-0.2, -0.15) is 8.42 Å². The molecule has 0 aliphatic carbocycles. The minimum atomic E-state index is -4.09. The molecule has 0 aromatic carbocycles. The molecule has 7 heteroatoms. The van der Waals surface area contributed by atoms with Crippen molar-refractivity contribution in [2.75, 3.05) is 0 Å². The van der Waals surface area contributed by atoms with Gasteiger partial charge < -0.3 is 11.5 Å². The molecule has 5 N–H and O–H groups in total. The molecule has 0 rings (SSSR count). The van der Waals surface area contributed by atoms with E-state index in [0.29, 0.717) is 0 Å². The summed E-state index contributed by atoms with van der Waals surface area (Å²) in [6.07, 6.45) is 1.50. The minimum absolute atomic E-state index is 0.225. The number of hydrogen-bond donors (Lipinski definition) is 3. The highest BCUT2D eigenvalue weighted by Gasteiger charge is 2.34. The van der Waals surface area contributed by atoms with E-state index < -0.39 is 20.9 Å². The van der Waals surface area contributed by atoms with E-state index in [2.05, 4.69) is 12.3 Å². The van der Waals surface area contributed by atoms with Gasteiger partial charge in [0.25, 0.3) is 10.1 Å². The molecule has 0 aromatic rings. The topological polar surface area (TPSA) is 123 Å². The smallest absolute Gasteiger partial charge is 0.283 e. The van der Waals surface area contributed by atoms with Crippen molar-refractivity contribution < 1.29 is 17.8 Å². The number of amides is 1. The van der Waals surface area contributed by atoms with Crippen LogP contribution in [0.3, 0.4) is 0 Å². The molecule has 0 saturated heterocycles. The highest BCUT2D eigenvalue weighted by molar-refractivity contribution is 7.87. The molecule has 0 atom stereocenters. The number of hydrogen-bond acceptors (Lipinski definition) is 4. The minimum Gasteiger partial charge on any atom is -0.366 e. The summed E-state index contributed by atoms with van der Waals surface area (Å²) in [6.45, 7) is 6.33. The second-order valence-electron chi connectivity index (χ2n) is 2.85. The number of nitrogens with two attached hydrogens (primary N) is 2. The Labute approximate surface area is 90.1 Å². The summed E-state index contributed by atoms with van der Waals surface area (Å²) in [5.41, 5.74) is 9.87. The van der Waals surface area contributed by atoms with E-state index in [1.807, 2.05) is 0 Å². The Balaban J connectivity index is 0. The first-order valence-corrected chi connectivity index (χ1v) is 5.76. The van der Waals surface area contributed by atoms with Crippen LogP contribution in [0.5, 0.6) is 0 Å². The van der Waals surface area contributed by atoms with Crippen LogP contribution < -0.4 is 11.5 Å². The van der Waals surface area contributed by atoms with Crippen LogP contribution in [0.15, 0.2) is 12.7 Å². The fourth-order valence-corrected chi connectivity index (χ4v) is 1.34. The van der Waals surface area contributed by atoms with Crippen molar-refractivity contribution in [3.05, 3.63) is 12.7 Å². The van der Waals surface area contributed by atoms with Crippen molar-refractivity contribution in [3.8, 4) is 0 Å². The van der Waals surface area contributed by atoms with Crippen LogP contribution in [0.25, 0.3) is 0 Å². The third-order valence-electron chi connectivity index (χ3n) is 1.91. The summed E-state index contributed by atoms with van der Waals surface area (Å²) in [4.78, 5) is 8.02. The average Bonchev–Trinajstić information content (AvgIpc) is 2.15. The van der Waals surface area contributed by atoms with Crippen molar-refractivity contribution in [3.63, 3.8) is 0 Å². The zero-order valence-corrected chi connectivity index (χ0v) is 9.75. The normalized spacial score (nSPS) is 11.2. The third-order valence-corrected chi connectivity index (χ3v) is 3.52. The van der Waals surface area contributed by atoms with E-state index >= 15 is 0 Å². The van der Waals surface area contributed by atoms with Gasteiger partial charge >= 0.3 is 0 Å². The Morgan fingerprint density at radius 1 is 1.47 bits per heavy atom. The molecule has 1 amide bonds. The Bertz CT molecular complexity index is 307. The Morgan fingerprint density at radius 3 is 1.73 bits per heavy atom. The monoisotopic (exact) mass is 238 g/mol. The van der Waals surface area contributed by atoms with Gasteiger partial charge in [0, 0.05) is 0 Å². The summed E-state index contributed by atoms with van der Waals surface area (Å²) < 4.78 is 29.7. The Kier molecular flexibility index (Phi) is 7.20. The molecule has 0 heterocycles. The van der Waals surface area contributed by atoms with Crippen LogP contribution in [-0.2, 0) is 14.9 Å². The molecule has 0 aliphatic heterocycles. The van der Waals surface area contributed by atoms with E-state index in [0.717, 1.165) is 6.08 Å². The Hall–Kier alpha value is -0.920. The van der Waals surface area contributed by atoms with Gasteiger partial charge in [-0.3, -0.25) is 9.35 Å². The first-order valence-electron chi connectivity index (χ1n) is 4.32. The summed E-state index contributed by atoms with van der Waals surface area (Å²) in [7, 11) is -4.09. The molecule has 0 bridgehead atoms. The number of carbonyl (C=O) groups excluding carboxylic acids is 1. The molecule has 90 valence electrons. The zero-order valence-electron chi connectivity index (χ0n) is 8.93. The lowest BCUT2D eigenvalue weighted by atomic mass is 10.2. The van der Waals surface area contributed by atoms with Crippen molar-refractivity contribution >= 4 is 16.0 Å². The van der Waals surface area contributed by atoms with E-state index in [1.165, 1.54) is 0 Å². The molecule has 15 heavy (non-hydrogen) atoms. The van der Waals surface area contributed by atoms with Crippen LogP contribution in [0.2, 0.25) is 0 Å². The standard InChI is InChI=1S/C5H13NO3S.C3H5NO/c1-3-5(6,4-2)10(7,8)9;1-2-3(4)5/h3-4,6H2,1-2H3,(H,7,8,9);2H,1H2,(H2,4,5). The van der Waals surface area contributed by atoms with Gasteiger partial charge in [-0.05, 0) is 18.9 Å². The highest BCUT2D eigenvalue weighted by atomic mass is 32.2. The lowest BCUT2D eigenvalue weighted by Gasteiger charge is -2.21. The second kappa shape index (κ2) is 6.54. The largest absolute Gasteiger partial charge is 0.366 e. The molecular formula is C8H18N2O4S. The molecule has 6 nitrogen and oxygen atoms in total. The maximum Gasteiger partial charge on any atom is 0.283 e. The quantitative estimate of drug-likeness (QED) is 0.470. The fourth-order valence-electron chi connectivity index (χ4n) is 0.615. The average molecular weight is 238 g/mol. The summed E-state index contributed by atoms with van der Waals surface area (Å²) >= 11 is 0. The molecule has 0 aliphatic rings. The first kappa shape index (κ1) is 16.5. The van der Waals surface area contributed by atoms with Crippen LogP contribution in [0, 0.1) is 0 Å². The summed E-state index contributed by atoms with van der Waals surface area (Å²) in [6, 6.07) is 0. The molecule has 0 aromatic heterocycles. The predicted molar refractivity (Wildman–Crippen MR) is 58.4 cm³/mol. The summed E-state index contributed by atoms with van der Waals surface area (Å²) in [5.74, 6) is -0.481. The fraction of sp³-hybridized carbons (Fsp3) is 0.625. The third kappa shape index (κ3) is 6.21. The second-order valence-corrected chi connectivity index (χ2v) is 4.62. The van der Waals surface area contributed by atoms with Crippen LogP contribution in [-0.4, -0.2) is 23.7 Å². The van der Waals surface area contributed by atoms with Crippen molar-refractivity contribution in [2.24, 2.45) is 11.5 Å². The van der Waals surface area contributed by atoms with Crippen molar-refractivity contribution in [1.29, 1.82) is 0 Å². The number of rotatable bonds is 4. The highest BCUT2D eigenvalue weighted by Crippen LogP contribution is 2.17. The van der Waals surface area contributed by atoms with Gasteiger partial charge in [0.15, 0.2) is 0 Å². The van der Waals surface area contributed by atoms with Crippen LogP contribution >= 0.6 is 0 Å². The molecule has 0 spiro atoms. The van der Waals surface area contributed by atoms with Gasteiger partial charge in [-0.15, -0.1) is 0 Å². The van der Waals surface area contributed by atoms with Gasteiger partial charge in [-0.25, -0.2) is 0 Å². The van der Waals surface area contributed by atoms with Crippen LogP contribution in [0.1, 0.15) is 26.7 Å². The van der Waals surface area contributed by atoms with E-state index in [-0.39, 0.29) is 12.8 Å². The van der Waals surface area contributed by atoms with Gasteiger partial charge in [0.05, 0.1) is 0 Å². The van der Waals surface area contributed by atoms with Gasteiger partial charge in [0.1, 0.15) is 4.87 Å².